The van der Waals surface area contributed by atoms with Crippen molar-refractivity contribution in [2.24, 2.45) is 0 Å². The third kappa shape index (κ3) is 10.5. The maximum absolute atomic E-state index is 8.71. The number of aliphatic hydroxyl groups is 1. The highest BCUT2D eigenvalue weighted by atomic mass is 28.4. The van der Waals surface area contributed by atoms with E-state index in [4.69, 9.17) is 9.53 Å². The third-order valence-corrected chi connectivity index (χ3v) is 9.42. The first-order chi connectivity index (χ1) is 9.70. The second-order valence-electron chi connectivity index (χ2n) is 8.03. The molecule has 0 aromatic carbocycles. The summed E-state index contributed by atoms with van der Waals surface area (Å²) in [6.07, 6.45) is 11.7. The molecule has 0 bridgehead atoms. The number of rotatable bonds is 12. The zero-order chi connectivity index (χ0) is 16.4. The number of unbranched alkanes of at least 4 members (excludes halogenated alkanes) is 7. The molecule has 0 fully saturated rings. The number of hydrogen-bond acceptors (Lipinski definition) is 2. The van der Waals surface area contributed by atoms with Gasteiger partial charge in [0.1, 0.15) is 0 Å². The van der Waals surface area contributed by atoms with Gasteiger partial charge in [0.25, 0.3) is 0 Å². The molecule has 0 aromatic heterocycles. The van der Waals surface area contributed by atoms with Gasteiger partial charge >= 0.3 is 0 Å². The SMILES string of the molecule is CC(CCCCCCCCCCO)O[Si](C)(C)C(C)(C)C. The lowest BCUT2D eigenvalue weighted by Gasteiger charge is -2.38. The lowest BCUT2D eigenvalue weighted by molar-refractivity contribution is 0.185. The third-order valence-electron chi connectivity index (χ3n) is 4.82. The highest BCUT2D eigenvalue weighted by Crippen LogP contribution is 2.37. The van der Waals surface area contributed by atoms with Gasteiger partial charge in [0, 0.05) is 12.7 Å². The van der Waals surface area contributed by atoms with Crippen molar-refractivity contribution in [2.75, 3.05) is 6.61 Å². The van der Waals surface area contributed by atoms with E-state index in [1.807, 2.05) is 0 Å². The van der Waals surface area contributed by atoms with Crippen LogP contribution in [0.25, 0.3) is 0 Å². The molecule has 3 heteroatoms. The molecule has 0 aliphatic carbocycles. The van der Waals surface area contributed by atoms with Crippen LogP contribution in [0.3, 0.4) is 0 Å². The van der Waals surface area contributed by atoms with Crippen LogP contribution in [0.4, 0.5) is 0 Å². The normalized spacial score (nSPS) is 14.4. The summed E-state index contributed by atoms with van der Waals surface area (Å²) >= 11 is 0. The molecule has 1 N–H and O–H groups in total. The van der Waals surface area contributed by atoms with Gasteiger partial charge in [-0.1, -0.05) is 65.7 Å². The van der Waals surface area contributed by atoms with Crippen LogP contribution in [0, 0.1) is 0 Å². The van der Waals surface area contributed by atoms with Gasteiger partial charge in [-0.15, -0.1) is 0 Å². The van der Waals surface area contributed by atoms with E-state index in [9.17, 15) is 0 Å². The maximum Gasteiger partial charge on any atom is 0.192 e. The zero-order valence-corrected chi connectivity index (χ0v) is 16.5. The molecule has 0 aliphatic rings. The highest BCUT2D eigenvalue weighted by Gasteiger charge is 2.38. The van der Waals surface area contributed by atoms with Crippen LogP contribution >= 0.6 is 0 Å². The summed E-state index contributed by atoms with van der Waals surface area (Å²) in [6.45, 7) is 14.2. The van der Waals surface area contributed by atoms with Gasteiger partial charge in [0.05, 0.1) is 0 Å². The summed E-state index contributed by atoms with van der Waals surface area (Å²) < 4.78 is 6.39. The van der Waals surface area contributed by atoms with Crippen LogP contribution in [0.15, 0.2) is 0 Å². The molecular weight excluding hydrogens is 276 g/mol. The molecule has 0 amide bonds. The monoisotopic (exact) mass is 316 g/mol. The van der Waals surface area contributed by atoms with Gasteiger partial charge in [0.15, 0.2) is 8.32 Å². The Morgan fingerprint density at radius 1 is 0.857 bits per heavy atom. The molecule has 0 aromatic rings. The molecule has 0 rings (SSSR count). The topological polar surface area (TPSA) is 29.5 Å². The highest BCUT2D eigenvalue weighted by molar-refractivity contribution is 6.74. The molecule has 0 saturated carbocycles. The first-order valence-electron chi connectivity index (χ1n) is 8.99. The second kappa shape index (κ2) is 10.8. The number of aliphatic hydroxyl groups excluding tert-OH is 1. The Morgan fingerprint density at radius 2 is 1.29 bits per heavy atom. The predicted molar refractivity (Wildman–Crippen MR) is 96.4 cm³/mol. The van der Waals surface area contributed by atoms with Gasteiger partial charge in [0.2, 0.25) is 0 Å². The fraction of sp³-hybridized carbons (Fsp3) is 1.00. The Balaban J connectivity index is 3.56. The van der Waals surface area contributed by atoms with Crippen molar-refractivity contribution < 1.29 is 9.53 Å². The summed E-state index contributed by atoms with van der Waals surface area (Å²) in [7, 11) is -1.58. The zero-order valence-electron chi connectivity index (χ0n) is 15.5. The Hall–Kier alpha value is 0.137. The van der Waals surface area contributed by atoms with Crippen molar-refractivity contribution >= 4 is 8.32 Å². The maximum atomic E-state index is 8.71. The standard InChI is InChI=1S/C18H40O2Si/c1-17(20-21(5,6)18(2,3)4)15-13-11-9-7-8-10-12-14-16-19/h17,19H,7-16H2,1-6H3. The van der Waals surface area contributed by atoms with E-state index in [1.165, 1.54) is 51.4 Å². The average Bonchev–Trinajstić information content (AvgIpc) is 2.35. The van der Waals surface area contributed by atoms with Gasteiger partial charge < -0.3 is 9.53 Å². The minimum Gasteiger partial charge on any atom is -0.414 e. The van der Waals surface area contributed by atoms with E-state index in [0.29, 0.717) is 17.7 Å². The van der Waals surface area contributed by atoms with Crippen molar-refractivity contribution in [3.8, 4) is 0 Å². The predicted octanol–water partition coefficient (Wildman–Crippen LogP) is 5.90. The minimum atomic E-state index is -1.58. The van der Waals surface area contributed by atoms with E-state index in [0.717, 1.165) is 6.42 Å². The van der Waals surface area contributed by atoms with Gasteiger partial charge in [-0.2, -0.15) is 0 Å². The second-order valence-corrected chi connectivity index (χ2v) is 12.8. The van der Waals surface area contributed by atoms with Crippen LogP contribution in [0.1, 0.15) is 85.5 Å². The molecule has 0 spiro atoms. The Labute approximate surface area is 134 Å². The molecule has 0 saturated heterocycles. The van der Waals surface area contributed by atoms with Crippen molar-refractivity contribution in [1.82, 2.24) is 0 Å². The molecule has 2 nitrogen and oxygen atoms in total. The largest absolute Gasteiger partial charge is 0.414 e. The molecule has 128 valence electrons. The molecule has 1 unspecified atom stereocenters. The van der Waals surface area contributed by atoms with Crippen molar-refractivity contribution in [3.63, 3.8) is 0 Å². The van der Waals surface area contributed by atoms with E-state index in [-0.39, 0.29) is 0 Å². The molecule has 21 heavy (non-hydrogen) atoms. The summed E-state index contributed by atoms with van der Waals surface area (Å²) in [6, 6.07) is 0. The molecule has 0 heterocycles. The smallest absolute Gasteiger partial charge is 0.192 e. The Bertz CT molecular complexity index is 246. The minimum absolute atomic E-state index is 0.315. The Kier molecular flexibility index (Phi) is 10.9. The van der Waals surface area contributed by atoms with E-state index >= 15 is 0 Å². The summed E-state index contributed by atoms with van der Waals surface area (Å²) in [5.74, 6) is 0. The lowest BCUT2D eigenvalue weighted by Crippen LogP contribution is -2.43. The molecule has 1 atom stereocenters. The van der Waals surface area contributed by atoms with Crippen LogP contribution in [-0.2, 0) is 4.43 Å². The van der Waals surface area contributed by atoms with Crippen LogP contribution in [0.2, 0.25) is 18.1 Å². The first-order valence-corrected chi connectivity index (χ1v) is 11.9. The lowest BCUT2D eigenvalue weighted by atomic mass is 10.1. The van der Waals surface area contributed by atoms with E-state index in [2.05, 4.69) is 40.8 Å². The fourth-order valence-electron chi connectivity index (χ4n) is 2.34. The summed E-state index contributed by atoms with van der Waals surface area (Å²) in [5, 5.41) is 9.03. The van der Waals surface area contributed by atoms with Gasteiger partial charge in [-0.05, 0) is 37.9 Å². The van der Waals surface area contributed by atoms with E-state index in [1.54, 1.807) is 0 Å². The first kappa shape index (κ1) is 21.1. The summed E-state index contributed by atoms with van der Waals surface area (Å²) in [4.78, 5) is 0. The van der Waals surface area contributed by atoms with Gasteiger partial charge in [-0.25, -0.2) is 0 Å². The fourth-order valence-corrected chi connectivity index (χ4v) is 3.82. The van der Waals surface area contributed by atoms with E-state index < -0.39 is 8.32 Å². The molecular formula is C18H40O2Si. The molecule has 0 aliphatic heterocycles. The summed E-state index contributed by atoms with van der Waals surface area (Å²) in [5.41, 5.74) is 0. The number of hydrogen-bond donors (Lipinski definition) is 1. The van der Waals surface area contributed by atoms with Crippen LogP contribution in [-0.4, -0.2) is 26.1 Å². The van der Waals surface area contributed by atoms with Crippen molar-refractivity contribution in [2.45, 2.75) is 110 Å². The Morgan fingerprint density at radius 3 is 1.71 bits per heavy atom. The van der Waals surface area contributed by atoms with Gasteiger partial charge in [-0.3, -0.25) is 0 Å². The van der Waals surface area contributed by atoms with Crippen LogP contribution in [0.5, 0.6) is 0 Å². The van der Waals surface area contributed by atoms with Crippen molar-refractivity contribution in [1.29, 1.82) is 0 Å². The average molecular weight is 317 g/mol. The molecule has 0 radical (unpaired) electrons. The van der Waals surface area contributed by atoms with Crippen LogP contribution < -0.4 is 0 Å². The van der Waals surface area contributed by atoms with Crippen molar-refractivity contribution in [3.05, 3.63) is 0 Å². The quantitative estimate of drug-likeness (QED) is 0.359.